The molecule has 38 heavy (non-hydrogen) atoms. The number of nitrogens with one attached hydrogen (secondary N) is 2. The Labute approximate surface area is 233 Å². The van der Waals surface area contributed by atoms with E-state index in [1.54, 1.807) is 13.7 Å². The SMILES string of the molecule is CB(C#N)[C@@H](C)C(=O)NC(CCS)C(=O)N1CCC2(CC=CC2)C1C.O=CNC1CCCc2ccccc21. The first-order chi connectivity index (χ1) is 18.3. The lowest BCUT2D eigenvalue weighted by atomic mass is 9.44. The third-order valence-corrected chi connectivity index (χ3v) is 9.00. The Bertz CT molecular complexity index is 1050. The number of rotatable bonds is 8. The number of carbonyl (C=O) groups is 3. The molecule has 9 heteroatoms. The Morgan fingerprint density at radius 2 is 2.03 bits per heavy atom. The second kappa shape index (κ2) is 13.9. The normalized spacial score (nSPS) is 22.3. The van der Waals surface area contributed by atoms with Crippen molar-refractivity contribution in [3.8, 4) is 5.97 Å². The molecule has 204 valence electrons. The fourth-order valence-corrected chi connectivity index (χ4v) is 6.14. The quantitative estimate of drug-likeness (QED) is 0.201. The zero-order chi connectivity index (χ0) is 27.7. The lowest BCUT2D eigenvalue weighted by Crippen LogP contribution is -2.52. The number of amides is 3. The molecule has 2 aliphatic carbocycles. The molecule has 1 saturated heterocycles. The van der Waals surface area contributed by atoms with E-state index in [0.29, 0.717) is 12.2 Å². The van der Waals surface area contributed by atoms with Crippen molar-refractivity contribution in [2.75, 3.05) is 12.3 Å². The van der Waals surface area contributed by atoms with E-state index in [4.69, 9.17) is 5.26 Å². The van der Waals surface area contributed by atoms with Gasteiger partial charge < -0.3 is 15.5 Å². The Kier molecular flexibility index (Phi) is 10.9. The number of thiol groups is 1. The first-order valence-corrected chi connectivity index (χ1v) is 14.4. The molecule has 3 aliphatic rings. The number of nitrogens with zero attached hydrogens (tertiary/aromatic N) is 2. The van der Waals surface area contributed by atoms with Gasteiger partial charge in [0.15, 0.2) is 0 Å². The van der Waals surface area contributed by atoms with Crippen LogP contribution in [0, 0.1) is 16.6 Å². The maximum Gasteiger partial charge on any atom is 0.276 e. The van der Waals surface area contributed by atoms with Crippen LogP contribution >= 0.6 is 12.6 Å². The number of nitriles is 1. The Hall–Kier alpha value is -2.73. The van der Waals surface area contributed by atoms with E-state index in [-0.39, 0.29) is 36.0 Å². The molecule has 4 rings (SSSR count). The number of hydrogen-bond donors (Lipinski definition) is 3. The molecule has 3 amide bonds. The minimum absolute atomic E-state index is 0.0181. The lowest BCUT2D eigenvalue weighted by Gasteiger charge is -2.34. The third-order valence-electron chi connectivity index (χ3n) is 8.74. The fraction of sp³-hybridized carbons (Fsp3) is 0.586. The number of aryl methyl sites for hydroxylation is 1. The summed E-state index contributed by atoms with van der Waals surface area (Å²) in [7, 11) is 0. The van der Waals surface area contributed by atoms with Crippen molar-refractivity contribution >= 4 is 37.6 Å². The van der Waals surface area contributed by atoms with Gasteiger partial charge in [0.1, 0.15) is 6.04 Å². The number of fused-ring (bicyclic) bond motifs is 1. The number of allylic oxidation sites excluding steroid dienone is 2. The fourth-order valence-electron chi connectivity index (χ4n) is 5.88. The first kappa shape index (κ1) is 29.8. The van der Waals surface area contributed by atoms with Gasteiger partial charge in [-0.25, -0.2) is 5.26 Å². The number of hydrogen-bond acceptors (Lipinski definition) is 5. The molecule has 1 spiro atoms. The van der Waals surface area contributed by atoms with Crippen molar-refractivity contribution < 1.29 is 14.4 Å². The summed E-state index contributed by atoms with van der Waals surface area (Å²) in [5, 5.41) is 14.7. The predicted octanol–water partition coefficient (Wildman–Crippen LogP) is 4.14. The van der Waals surface area contributed by atoms with Crippen LogP contribution in [0.15, 0.2) is 36.4 Å². The van der Waals surface area contributed by atoms with Crippen LogP contribution < -0.4 is 10.6 Å². The highest BCUT2D eigenvalue weighted by atomic mass is 32.1. The summed E-state index contributed by atoms with van der Waals surface area (Å²) in [5.74, 6) is 1.92. The lowest BCUT2D eigenvalue weighted by molar-refractivity contribution is -0.137. The summed E-state index contributed by atoms with van der Waals surface area (Å²) >= 11 is 4.25. The van der Waals surface area contributed by atoms with Gasteiger partial charge in [-0.05, 0) is 74.2 Å². The van der Waals surface area contributed by atoms with Crippen molar-refractivity contribution in [1.82, 2.24) is 15.5 Å². The van der Waals surface area contributed by atoms with Crippen LogP contribution in [0.4, 0.5) is 0 Å². The van der Waals surface area contributed by atoms with E-state index in [1.165, 1.54) is 17.5 Å². The van der Waals surface area contributed by atoms with Crippen molar-refractivity contribution in [1.29, 1.82) is 5.26 Å². The largest absolute Gasteiger partial charge is 0.352 e. The summed E-state index contributed by atoms with van der Waals surface area (Å²) in [6.45, 7) is 5.93. The van der Waals surface area contributed by atoms with Gasteiger partial charge in [-0.15, -0.1) is 0 Å². The molecule has 1 aromatic rings. The highest BCUT2D eigenvalue weighted by Crippen LogP contribution is 2.46. The Balaban J connectivity index is 0.000000256. The average molecular weight is 537 g/mol. The summed E-state index contributed by atoms with van der Waals surface area (Å²) in [6.07, 6.45) is 12.2. The molecule has 1 fully saturated rings. The van der Waals surface area contributed by atoms with Crippen LogP contribution in [0.25, 0.3) is 0 Å². The van der Waals surface area contributed by atoms with E-state index in [1.807, 2.05) is 11.0 Å². The molecule has 2 N–H and O–H groups in total. The predicted molar refractivity (Wildman–Crippen MR) is 155 cm³/mol. The van der Waals surface area contributed by atoms with Crippen molar-refractivity contribution in [2.45, 2.75) is 89.6 Å². The minimum Gasteiger partial charge on any atom is -0.352 e. The van der Waals surface area contributed by atoms with Crippen molar-refractivity contribution in [3.63, 3.8) is 0 Å². The third kappa shape index (κ3) is 6.82. The first-order valence-electron chi connectivity index (χ1n) is 13.8. The minimum atomic E-state index is -0.565. The topological polar surface area (TPSA) is 102 Å². The molecule has 1 aromatic carbocycles. The van der Waals surface area contributed by atoms with Crippen LogP contribution in [0.1, 0.15) is 69.5 Å². The summed E-state index contributed by atoms with van der Waals surface area (Å²) in [4.78, 5) is 37.8. The van der Waals surface area contributed by atoms with Crippen LogP contribution in [-0.4, -0.2) is 54.2 Å². The van der Waals surface area contributed by atoms with E-state index in [2.05, 4.69) is 66.5 Å². The molecule has 3 unspecified atom stereocenters. The van der Waals surface area contributed by atoms with Crippen LogP contribution in [0.5, 0.6) is 0 Å². The van der Waals surface area contributed by atoms with Gasteiger partial charge in [-0.2, -0.15) is 12.6 Å². The smallest absolute Gasteiger partial charge is 0.276 e. The van der Waals surface area contributed by atoms with Crippen LogP contribution in [0.2, 0.25) is 12.6 Å². The number of benzene rings is 1. The molecule has 0 saturated carbocycles. The molecular formula is C29H41BN4O3S. The molecular weight excluding hydrogens is 495 g/mol. The molecule has 1 aliphatic heterocycles. The average Bonchev–Trinajstić information content (AvgIpc) is 3.55. The maximum absolute atomic E-state index is 13.1. The van der Waals surface area contributed by atoms with E-state index in [0.717, 1.165) is 45.1 Å². The van der Waals surface area contributed by atoms with E-state index >= 15 is 0 Å². The van der Waals surface area contributed by atoms with Crippen molar-refractivity contribution in [3.05, 3.63) is 47.5 Å². The van der Waals surface area contributed by atoms with E-state index < -0.39 is 11.9 Å². The monoisotopic (exact) mass is 536 g/mol. The molecule has 0 bridgehead atoms. The molecule has 4 atom stereocenters. The molecule has 0 radical (unpaired) electrons. The van der Waals surface area contributed by atoms with Gasteiger partial charge in [0.05, 0.1) is 6.04 Å². The maximum atomic E-state index is 13.1. The number of likely N-dealkylation sites (tertiary alicyclic amines) is 1. The highest BCUT2D eigenvalue weighted by molar-refractivity contribution is 7.80. The van der Waals surface area contributed by atoms with Gasteiger partial charge >= 0.3 is 0 Å². The van der Waals surface area contributed by atoms with Crippen LogP contribution in [0.3, 0.4) is 0 Å². The second-order valence-corrected chi connectivity index (χ2v) is 11.4. The Morgan fingerprint density at radius 3 is 2.68 bits per heavy atom. The van der Waals surface area contributed by atoms with Gasteiger partial charge in [0, 0.05) is 24.4 Å². The van der Waals surface area contributed by atoms with Crippen LogP contribution in [-0.2, 0) is 20.8 Å². The summed E-state index contributed by atoms with van der Waals surface area (Å²) in [5.41, 5.74) is 2.85. The van der Waals surface area contributed by atoms with Gasteiger partial charge in [0.25, 0.3) is 6.71 Å². The summed E-state index contributed by atoms with van der Waals surface area (Å²) < 4.78 is 0. The van der Waals surface area contributed by atoms with Crippen molar-refractivity contribution in [2.24, 2.45) is 5.41 Å². The highest BCUT2D eigenvalue weighted by Gasteiger charge is 2.47. The molecule has 7 nitrogen and oxygen atoms in total. The molecule has 0 aromatic heterocycles. The van der Waals surface area contributed by atoms with Gasteiger partial charge in [-0.1, -0.05) is 50.2 Å². The zero-order valence-corrected chi connectivity index (χ0v) is 23.8. The molecule has 1 heterocycles. The zero-order valence-electron chi connectivity index (χ0n) is 22.9. The Morgan fingerprint density at radius 1 is 1.32 bits per heavy atom. The van der Waals surface area contributed by atoms with E-state index in [9.17, 15) is 14.4 Å². The van der Waals surface area contributed by atoms with Gasteiger partial charge in [-0.3, -0.25) is 14.4 Å². The standard InChI is InChI=1S/C18H28BN3O2S.C11H13NO/c1-13(19(3)12-20)16(23)21-15(6-11-25)17(24)22-10-9-18(14(22)2)7-4-5-8-18;13-8-12-11-7-3-5-9-4-1-2-6-10(9)11/h4-5,13-15,25H,6-11H2,1-3H3,(H,21,23);1-2,4,6,8,11H,3,5,7H2,(H,12,13)/t13-,14?,15?;/m0./s1. The van der Waals surface area contributed by atoms with Gasteiger partial charge in [0.2, 0.25) is 18.2 Å². The second-order valence-electron chi connectivity index (χ2n) is 10.9. The summed E-state index contributed by atoms with van der Waals surface area (Å²) in [6, 6.07) is 8.19. The number of carbonyl (C=O) groups excluding carboxylic acids is 3.